The molecule has 0 radical (unpaired) electrons. The van der Waals surface area contributed by atoms with Crippen LogP contribution >= 0.6 is 27.3 Å². The monoisotopic (exact) mass is 550 g/mol. The summed E-state index contributed by atoms with van der Waals surface area (Å²) in [6, 6.07) is 8.31. The summed E-state index contributed by atoms with van der Waals surface area (Å²) >= 11 is 4.29. The highest BCUT2D eigenvalue weighted by Crippen LogP contribution is 2.35. The number of ether oxygens (including phenoxy) is 1. The highest BCUT2D eigenvalue weighted by atomic mass is 79.9. The fraction of sp³-hybridized carbons (Fsp3) is 0.105. The number of hydrogen-bond donors (Lipinski definition) is 1. The molecule has 0 saturated carbocycles. The van der Waals surface area contributed by atoms with Crippen LogP contribution in [0.4, 0.5) is 32.0 Å². The third kappa shape index (κ3) is 4.95. The molecule has 0 aliphatic rings. The number of fused-ring (bicyclic) bond motifs is 1. The molecule has 1 N–H and O–H groups in total. The molecule has 1 aromatic carbocycles. The summed E-state index contributed by atoms with van der Waals surface area (Å²) in [5.74, 6) is -1.41. The Kier molecular flexibility index (Phi) is 5.82. The van der Waals surface area contributed by atoms with Crippen LogP contribution in [0.1, 0.15) is 16.2 Å². The van der Waals surface area contributed by atoms with Gasteiger partial charge < -0.3 is 10.1 Å². The minimum absolute atomic E-state index is 0.0534. The van der Waals surface area contributed by atoms with Crippen molar-refractivity contribution in [3.05, 3.63) is 63.7 Å². The highest BCUT2D eigenvalue weighted by molar-refractivity contribution is 9.10. The first kappa shape index (κ1) is 23.0. The number of carbonyl (C=O) groups is 1. The van der Waals surface area contributed by atoms with Crippen molar-refractivity contribution in [2.75, 3.05) is 5.32 Å². The third-order valence-corrected chi connectivity index (χ3v) is 5.78. The van der Waals surface area contributed by atoms with E-state index < -0.39 is 35.6 Å². The van der Waals surface area contributed by atoms with Gasteiger partial charge in [0.25, 0.3) is 5.91 Å². The van der Waals surface area contributed by atoms with E-state index in [1.807, 2.05) is 0 Å². The summed E-state index contributed by atoms with van der Waals surface area (Å²) in [6.45, 7) is 0. The lowest BCUT2D eigenvalue weighted by molar-refractivity contribution is -0.274. The van der Waals surface area contributed by atoms with E-state index in [1.54, 1.807) is 17.5 Å². The van der Waals surface area contributed by atoms with Crippen molar-refractivity contribution >= 4 is 44.5 Å². The predicted molar refractivity (Wildman–Crippen MR) is 110 cm³/mol. The topological polar surface area (TPSA) is 68.5 Å². The largest absolute Gasteiger partial charge is 0.573 e. The molecule has 33 heavy (non-hydrogen) atoms. The Morgan fingerprint density at radius 3 is 2.36 bits per heavy atom. The van der Waals surface area contributed by atoms with Gasteiger partial charge in [-0.25, -0.2) is 9.50 Å². The normalized spacial score (nSPS) is 12.2. The summed E-state index contributed by atoms with van der Waals surface area (Å²) in [4.78, 5) is 17.4. The summed E-state index contributed by atoms with van der Waals surface area (Å²) in [5.41, 5.74) is -1.64. The van der Waals surface area contributed by atoms with E-state index in [0.717, 1.165) is 30.3 Å². The van der Waals surface area contributed by atoms with Crippen LogP contribution < -0.4 is 10.1 Å². The van der Waals surface area contributed by atoms with Gasteiger partial charge in [-0.3, -0.25) is 4.79 Å². The van der Waals surface area contributed by atoms with E-state index in [1.165, 1.54) is 11.3 Å². The zero-order chi connectivity index (χ0) is 24.0. The Morgan fingerprint density at radius 1 is 1.09 bits per heavy atom. The molecule has 4 rings (SSSR count). The Hall–Kier alpha value is -3.13. The molecular formula is C19H9BrF6N4O2S. The van der Waals surface area contributed by atoms with E-state index >= 15 is 0 Å². The molecule has 0 aliphatic carbocycles. The Labute approximate surface area is 192 Å². The molecule has 0 spiro atoms. The van der Waals surface area contributed by atoms with E-state index in [2.05, 4.69) is 36.1 Å². The zero-order valence-corrected chi connectivity index (χ0v) is 18.2. The summed E-state index contributed by atoms with van der Waals surface area (Å²) < 4.78 is 82.0. The lowest BCUT2D eigenvalue weighted by Crippen LogP contribution is -2.17. The average molecular weight is 551 g/mol. The smallest absolute Gasteiger partial charge is 0.406 e. The lowest BCUT2D eigenvalue weighted by atomic mass is 10.2. The van der Waals surface area contributed by atoms with Crippen molar-refractivity contribution in [3.63, 3.8) is 0 Å². The number of alkyl halides is 6. The standard InChI is InChI=1S/C19H9BrF6N4O2S/c20-14-15(17(31)27-9-3-5-10(6-4-9)32-19(24,25)26)29-30-13(18(21,22)23)8-11(28-16(14)30)12-2-1-7-33-12/h1-8H,(H,27,31). The molecule has 0 fully saturated rings. The molecule has 6 nitrogen and oxygen atoms in total. The van der Waals surface area contributed by atoms with E-state index in [-0.39, 0.29) is 21.5 Å². The molecule has 3 heterocycles. The van der Waals surface area contributed by atoms with Crippen LogP contribution in [0, 0.1) is 0 Å². The number of rotatable bonds is 4. The minimum Gasteiger partial charge on any atom is -0.406 e. The minimum atomic E-state index is -4.88. The maximum atomic E-state index is 13.7. The van der Waals surface area contributed by atoms with Crippen LogP contribution in [0.25, 0.3) is 16.2 Å². The van der Waals surface area contributed by atoms with Crippen LogP contribution in [-0.4, -0.2) is 26.9 Å². The SMILES string of the molecule is O=C(Nc1ccc(OC(F)(F)F)cc1)c1nn2c(C(F)(F)F)cc(-c3cccs3)nc2c1Br. The number of nitrogens with zero attached hydrogens (tertiary/aromatic N) is 3. The van der Waals surface area contributed by atoms with Crippen LogP contribution in [0.3, 0.4) is 0 Å². The van der Waals surface area contributed by atoms with Crippen molar-refractivity contribution in [2.45, 2.75) is 12.5 Å². The number of aromatic nitrogens is 3. The first-order valence-corrected chi connectivity index (χ1v) is 10.5. The maximum absolute atomic E-state index is 13.7. The Balaban J connectivity index is 1.69. The van der Waals surface area contributed by atoms with E-state index in [0.29, 0.717) is 9.39 Å². The fourth-order valence-corrected chi connectivity index (χ4v) is 4.02. The van der Waals surface area contributed by atoms with Gasteiger partial charge in [-0.1, -0.05) is 6.07 Å². The van der Waals surface area contributed by atoms with Gasteiger partial charge in [0.1, 0.15) is 5.75 Å². The van der Waals surface area contributed by atoms with Crippen molar-refractivity contribution in [1.29, 1.82) is 0 Å². The molecule has 172 valence electrons. The second kappa shape index (κ2) is 8.33. The maximum Gasteiger partial charge on any atom is 0.573 e. The van der Waals surface area contributed by atoms with Gasteiger partial charge >= 0.3 is 12.5 Å². The second-order valence-electron chi connectivity index (χ2n) is 6.43. The first-order chi connectivity index (χ1) is 15.4. The molecule has 14 heteroatoms. The van der Waals surface area contributed by atoms with Crippen LogP contribution in [-0.2, 0) is 6.18 Å². The Morgan fingerprint density at radius 2 is 1.79 bits per heavy atom. The van der Waals surface area contributed by atoms with Gasteiger partial charge in [-0.15, -0.1) is 24.5 Å². The van der Waals surface area contributed by atoms with Gasteiger partial charge in [-0.05, 0) is 57.7 Å². The number of nitrogens with one attached hydrogen (secondary N) is 1. The molecule has 4 aromatic rings. The average Bonchev–Trinajstić information content (AvgIpc) is 3.36. The van der Waals surface area contributed by atoms with Gasteiger partial charge in [0.15, 0.2) is 17.0 Å². The molecule has 0 atom stereocenters. The number of benzene rings is 1. The molecule has 0 bridgehead atoms. The molecular weight excluding hydrogens is 542 g/mol. The summed E-state index contributed by atoms with van der Waals surface area (Å²) in [6.07, 6.45) is -9.67. The van der Waals surface area contributed by atoms with Gasteiger partial charge in [0.2, 0.25) is 0 Å². The molecule has 1 amide bonds. The lowest BCUT2D eigenvalue weighted by Gasteiger charge is -2.10. The van der Waals surface area contributed by atoms with Gasteiger partial charge in [0, 0.05) is 5.69 Å². The third-order valence-electron chi connectivity index (χ3n) is 4.16. The van der Waals surface area contributed by atoms with Crippen molar-refractivity contribution in [1.82, 2.24) is 14.6 Å². The number of carbonyl (C=O) groups excluding carboxylic acids is 1. The van der Waals surface area contributed by atoms with Gasteiger partial charge in [-0.2, -0.15) is 18.3 Å². The highest BCUT2D eigenvalue weighted by Gasteiger charge is 2.37. The molecule has 3 aromatic heterocycles. The van der Waals surface area contributed by atoms with E-state index in [4.69, 9.17) is 0 Å². The van der Waals surface area contributed by atoms with E-state index in [9.17, 15) is 31.1 Å². The summed E-state index contributed by atoms with van der Waals surface area (Å²) in [7, 11) is 0. The van der Waals surface area contributed by atoms with Crippen molar-refractivity contribution in [2.24, 2.45) is 0 Å². The number of thiophene rings is 1. The molecule has 0 aliphatic heterocycles. The number of halogens is 7. The number of hydrogen-bond acceptors (Lipinski definition) is 5. The quantitative estimate of drug-likeness (QED) is 0.299. The fourth-order valence-electron chi connectivity index (χ4n) is 2.82. The van der Waals surface area contributed by atoms with Crippen LogP contribution in [0.15, 0.2) is 52.3 Å². The second-order valence-corrected chi connectivity index (χ2v) is 8.17. The van der Waals surface area contributed by atoms with Crippen molar-refractivity contribution < 1.29 is 35.9 Å². The van der Waals surface area contributed by atoms with Crippen molar-refractivity contribution in [3.8, 4) is 16.3 Å². The van der Waals surface area contributed by atoms with Crippen LogP contribution in [0.2, 0.25) is 0 Å². The number of amides is 1. The molecule has 0 saturated heterocycles. The zero-order valence-electron chi connectivity index (χ0n) is 15.8. The van der Waals surface area contributed by atoms with Crippen LogP contribution in [0.5, 0.6) is 5.75 Å². The molecule has 0 unspecified atom stereocenters. The number of anilines is 1. The summed E-state index contributed by atoms with van der Waals surface area (Å²) in [5, 5.41) is 7.81. The Bertz CT molecular complexity index is 1320. The van der Waals surface area contributed by atoms with Gasteiger partial charge in [0.05, 0.1) is 15.0 Å². The first-order valence-electron chi connectivity index (χ1n) is 8.80. The predicted octanol–water partition coefficient (Wildman–Crippen LogP) is 6.39.